The molecule has 0 aliphatic heterocycles. The van der Waals surface area contributed by atoms with Gasteiger partial charge < -0.3 is 5.32 Å². The zero-order valence-corrected chi connectivity index (χ0v) is 15.5. The van der Waals surface area contributed by atoms with Gasteiger partial charge in [-0.05, 0) is 18.6 Å². The van der Waals surface area contributed by atoms with Crippen LogP contribution in [0.4, 0.5) is 13.2 Å². The molecule has 1 amide bonds. The summed E-state index contributed by atoms with van der Waals surface area (Å²) in [5.74, 6) is -0.879. The number of imidazole rings is 1. The third kappa shape index (κ3) is 4.71. The van der Waals surface area contributed by atoms with Gasteiger partial charge in [0.1, 0.15) is 6.33 Å². The number of benzene rings is 1. The minimum atomic E-state index is -4.81. The minimum Gasteiger partial charge on any atom is -0.351 e. The van der Waals surface area contributed by atoms with Gasteiger partial charge in [-0.2, -0.15) is 13.2 Å². The highest BCUT2D eigenvalue weighted by atomic mass is 35.5. The van der Waals surface area contributed by atoms with Gasteiger partial charge in [-0.3, -0.25) is 9.36 Å². The van der Waals surface area contributed by atoms with Crippen molar-refractivity contribution in [3.8, 4) is 5.69 Å². The maximum Gasteiger partial charge on any atom is 0.434 e. The fourth-order valence-electron chi connectivity index (χ4n) is 2.51. The third-order valence-electron chi connectivity index (χ3n) is 3.75. The SMILES string of the molecule is CCCCCCNC(=O)c1ncn(-c2c(Cl)cccc2Cl)c1C(F)(F)F. The lowest BCUT2D eigenvalue weighted by atomic mass is 10.2. The summed E-state index contributed by atoms with van der Waals surface area (Å²) in [6.07, 6.45) is -0.293. The van der Waals surface area contributed by atoms with Crippen molar-refractivity contribution >= 4 is 29.1 Å². The molecular weight excluding hydrogens is 390 g/mol. The molecule has 0 bridgehead atoms. The molecule has 0 spiro atoms. The Hall–Kier alpha value is -1.73. The first-order valence-electron chi connectivity index (χ1n) is 8.14. The van der Waals surface area contributed by atoms with Crippen LogP contribution in [0.25, 0.3) is 5.69 Å². The molecule has 1 aromatic carbocycles. The zero-order chi connectivity index (χ0) is 19.3. The minimum absolute atomic E-state index is 0.0203. The van der Waals surface area contributed by atoms with Gasteiger partial charge in [0.05, 0.1) is 15.7 Å². The van der Waals surface area contributed by atoms with Crippen molar-refractivity contribution in [1.29, 1.82) is 0 Å². The number of carbonyl (C=O) groups excluding carboxylic acids is 1. The summed E-state index contributed by atoms with van der Waals surface area (Å²) >= 11 is 12.0. The molecule has 0 radical (unpaired) electrons. The van der Waals surface area contributed by atoms with Crippen LogP contribution in [0.5, 0.6) is 0 Å². The van der Waals surface area contributed by atoms with Crippen LogP contribution < -0.4 is 5.32 Å². The average Bonchev–Trinajstić information content (AvgIpc) is 2.99. The second-order valence-electron chi connectivity index (χ2n) is 5.70. The smallest absolute Gasteiger partial charge is 0.351 e. The summed E-state index contributed by atoms with van der Waals surface area (Å²) in [6, 6.07) is 4.34. The fraction of sp³-hybridized carbons (Fsp3) is 0.412. The molecule has 0 unspecified atom stereocenters. The average molecular weight is 408 g/mol. The standard InChI is InChI=1S/C17H18Cl2F3N3O/c1-2-3-4-5-9-23-16(26)13-15(17(20,21)22)25(10-24-13)14-11(18)7-6-8-12(14)19/h6-8,10H,2-5,9H2,1H3,(H,23,26). The molecule has 4 nitrogen and oxygen atoms in total. The molecule has 0 atom stereocenters. The maximum atomic E-state index is 13.6. The number of aromatic nitrogens is 2. The number of carbonyl (C=O) groups is 1. The molecular formula is C17H18Cl2F3N3O. The summed E-state index contributed by atoms with van der Waals surface area (Å²) in [4.78, 5) is 15.9. The van der Waals surface area contributed by atoms with Crippen molar-refractivity contribution < 1.29 is 18.0 Å². The number of rotatable bonds is 7. The molecule has 2 rings (SSSR count). The molecule has 9 heteroatoms. The molecule has 0 aliphatic carbocycles. The Bertz CT molecular complexity index is 755. The highest BCUT2D eigenvalue weighted by Crippen LogP contribution is 2.37. The number of hydrogen-bond acceptors (Lipinski definition) is 2. The Balaban J connectivity index is 2.35. The van der Waals surface area contributed by atoms with Gasteiger partial charge in [-0.15, -0.1) is 0 Å². The lowest BCUT2D eigenvalue weighted by Crippen LogP contribution is -2.28. The van der Waals surface area contributed by atoms with Crippen molar-refractivity contribution in [2.45, 2.75) is 38.8 Å². The number of unbranched alkanes of at least 4 members (excludes halogenated alkanes) is 3. The van der Waals surface area contributed by atoms with E-state index < -0.39 is 23.5 Å². The molecule has 1 aromatic heterocycles. The number of hydrogen-bond donors (Lipinski definition) is 1. The number of halogens is 5. The molecule has 2 aromatic rings. The van der Waals surface area contributed by atoms with Gasteiger partial charge in [-0.1, -0.05) is 55.5 Å². The van der Waals surface area contributed by atoms with E-state index in [2.05, 4.69) is 10.3 Å². The normalized spacial score (nSPS) is 11.6. The van der Waals surface area contributed by atoms with E-state index in [0.717, 1.165) is 25.6 Å². The zero-order valence-electron chi connectivity index (χ0n) is 14.0. The molecule has 0 aliphatic rings. The van der Waals surface area contributed by atoms with Crippen LogP contribution in [-0.2, 0) is 6.18 Å². The van der Waals surface area contributed by atoms with Gasteiger partial charge in [0.25, 0.3) is 5.91 Å². The number of para-hydroxylation sites is 1. The summed E-state index contributed by atoms with van der Waals surface area (Å²) in [5.41, 5.74) is -1.99. The van der Waals surface area contributed by atoms with E-state index in [9.17, 15) is 18.0 Å². The Kier molecular flexibility index (Phi) is 6.94. The van der Waals surface area contributed by atoms with Crippen LogP contribution in [0.3, 0.4) is 0 Å². The van der Waals surface area contributed by atoms with Gasteiger partial charge in [0, 0.05) is 6.54 Å². The van der Waals surface area contributed by atoms with Crippen LogP contribution in [0.2, 0.25) is 10.0 Å². The monoisotopic (exact) mass is 407 g/mol. The van der Waals surface area contributed by atoms with E-state index in [1.807, 2.05) is 6.92 Å². The second-order valence-corrected chi connectivity index (χ2v) is 6.51. The lowest BCUT2D eigenvalue weighted by molar-refractivity contribution is -0.142. The first-order valence-corrected chi connectivity index (χ1v) is 8.90. The Morgan fingerprint density at radius 3 is 2.42 bits per heavy atom. The van der Waals surface area contributed by atoms with E-state index in [0.29, 0.717) is 11.0 Å². The van der Waals surface area contributed by atoms with Gasteiger partial charge >= 0.3 is 6.18 Å². The summed E-state index contributed by atoms with van der Waals surface area (Å²) in [6.45, 7) is 2.33. The summed E-state index contributed by atoms with van der Waals surface area (Å²) < 4.78 is 41.5. The quantitative estimate of drug-likeness (QED) is 0.615. The van der Waals surface area contributed by atoms with Gasteiger partial charge in [0.15, 0.2) is 11.4 Å². The highest BCUT2D eigenvalue weighted by Gasteiger charge is 2.41. The topological polar surface area (TPSA) is 46.9 Å². The van der Waals surface area contributed by atoms with Gasteiger partial charge in [-0.25, -0.2) is 4.98 Å². The Morgan fingerprint density at radius 2 is 1.85 bits per heavy atom. The van der Waals surface area contributed by atoms with E-state index >= 15 is 0 Å². The predicted molar refractivity (Wildman–Crippen MR) is 95.1 cm³/mol. The first-order chi connectivity index (χ1) is 12.3. The maximum absolute atomic E-state index is 13.6. The van der Waals surface area contributed by atoms with E-state index in [-0.39, 0.29) is 22.3 Å². The number of nitrogens with zero attached hydrogens (tertiary/aromatic N) is 2. The number of alkyl halides is 3. The van der Waals surface area contributed by atoms with Crippen LogP contribution in [-0.4, -0.2) is 22.0 Å². The molecule has 0 fully saturated rings. The van der Waals surface area contributed by atoms with Crippen LogP contribution in [0.1, 0.15) is 48.8 Å². The fourth-order valence-corrected chi connectivity index (χ4v) is 3.09. The van der Waals surface area contributed by atoms with E-state index in [1.54, 1.807) is 0 Å². The van der Waals surface area contributed by atoms with E-state index in [4.69, 9.17) is 23.2 Å². The Morgan fingerprint density at radius 1 is 1.19 bits per heavy atom. The third-order valence-corrected chi connectivity index (χ3v) is 4.36. The van der Waals surface area contributed by atoms with Crippen molar-refractivity contribution in [2.24, 2.45) is 0 Å². The van der Waals surface area contributed by atoms with Crippen LogP contribution in [0.15, 0.2) is 24.5 Å². The van der Waals surface area contributed by atoms with Crippen molar-refractivity contribution in [2.75, 3.05) is 6.54 Å². The number of amides is 1. The van der Waals surface area contributed by atoms with Gasteiger partial charge in [0.2, 0.25) is 0 Å². The van der Waals surface area contributed by atoms with Crippen LogP contribution >= 0.6 is 23.2 Å². The first kappa shape index (κ1) is 20.6. The Labute approximate surface area is 159 Å². The second kappa shape index (κ2) is 8.77. The largest absolute Gasteiger partial charge is 0.434 e. The highest BCUT2D eigenvalue weighted by molar-refractivity contribution is 6.37. The molecule has 26 heavy (non-hydrogen) atoms. The molecule has 0 saturated carbocycles. The lowest BCUT2D eigenvalue weighted by Gasteiger charge is -2.15. The summed E-state index contributed by atoms with van der Waals surface area (Å²) in [5, 5.41) is 2.52. The predicted octanol–water partition coefficient (Wildman–Crippen LogP) is 5.51. The van der Waals surface area contributed by atoms with Crippen molar-refractivity contribution in [3.63, 3.8) is 0 Å². The molecule has 142 valence electrons. The number of nitrogens with one attached hydrogen (secondary N) is 1. The molecule has 0 saturated heterocycles. The van der Waals surface area contributed by atoms with E-state index in [1.165, 1.54) is 18.2 Å². The molecule has 1 N–H and O–H groups in total. The van der Waals surface area contributed by atoms with Crippen LogP contribution in [0, 0.1) is 0 Å². The van der Waals surface area contributed by atoms with Crippen molar-refractivity contribution in [1.82, 2.24) is 14.9 Å². The van der Waals surface area contributed by atoms with Crippen molar-refractivity contribution in [3.05, 3.63) is 46.0 Å². The molecule has 1 heterocycles. The summed E-state index contributed by atoms with van der Waals surface area (Å²) in [7, 11) is 0.